The lowest BCUT2D eigenvalue weighted by Gasteiger charge is -2.14. The zero-order chi connectivity index (χ0) is 18.2. The summed E-state index contributed by atoms with van der Waals surface area (Å²) in [6.07, 6.45) is 1.99. The molecular formula is C20H24FNO3. The molecule has 1 amide bonds. The maximum atomic E-state index is 13.4. The van der Waals surface area contributed by atoms with E-state index in [1.807, 2.05) is 13.8 Å². The highest BCUT2D eigenvalue weighted by atomic mass is 19.1. The molecule has 2 aromatic rings. The Labute approximate surface area is 148 Å². The number of unbranched alkanes of at least 4 members (excludes halogenated alkanes) is 1. The van der Waals surface area contributed by atoms with E-state index in [2.05, 4.69) is 12.2 Å². The quantitative estimate of drug-likeness (QED) is 0.688. The molecule has 0 unspecified atom stereocenters. The van der Waals surface area contributed by atoms with Crippen molar-refractivity contribution in [2.75, 3.05) is 18.5 Å². The van der Waals surface area contributed by atoms with Gasteiger partial charge in [0.2, 0.25) is 0 Å². The molecule has 0 fully saturated rings. The van der Waals surface area contributed by atoms with Crippen LogP contribution in [0.4, 0.5) is 10.1 Å². The van der Waals surface area contributed by atoms with Crippen molar-refractivity contribution in [3.05, 3.63) is 53.3 Å². The number of ether oxygens (including phenoxy) is 2. The summed E-state index contributed by atoms with van der Waals surface area (Å²) in [6, 6.07) is 9.34. The molecule has 0 aliphatic heterocycles. The number of aryl methyl sites for hydroxylation is 1. The minimum Gasteiger partial charge on any atom is -0.490 e. The maximum Gasteiger partial charge on any atom is 0.255 e. The lowest BCUT2D eigenvalue weighted by atomic mass is 10.1. The van der Waals surface area contributed by atoms with Crippen LogP contribution in [-0.2, 0) is 0 Å². The van der Waals surface area contributed by atoms with Crippen LogP contribution in [0.5, 0.6) is 11.5 Å². The molecule has 0 saturated heterocycles. The minimum atomic E-state index is -0.393. The van der Waals surface area contributed by atoms with E-state index >= 15 is 0 Å². The van der Waals surface area contributed by atoms with E-state index in [0.29, 0.717) is 36.0 Å². The molecule has 0 aliphatic rings. The van der Waals surface area contributed by atoms with Crippen molar-refractivity contribution in [1.82, 2.24) is 0 Å². The highest BCUT2D eigenvalue weighted by molar-refractivity contribution is 6.05. The van der Waals surface area contributed by atoms with Crippen LogP contribution in [0.25, 0.3) is 0 Å². The van der Waals surface area contributed by atoms with Crippen LogP contribution in [0.3, 0.4) is 0 Å². The van der Waals surface area contributed by atoms with Gasteiger partial charge < -0.3 is 14.8 Å². The van der Waals surface area contributed by atoms with Gasteiger partial charge >= 0.3 is 0 Å². The Morgan fingerprint density at radius 2 is 1.88 bits per heavy atom. The summed E-state index contributed by atoms with van der Waals surface area (Å²) in [5.41, 5.74) is 1.67. The van der Waals surface area contributed by atoms with Crippen molar-refractivity contribution >= 4 is 11.6 Å². The first-order chi connectivity index (χ1) is 12.0. The second-order valence-electron chi connectivity index (χ2n) is 5.71. The second-order valence-corrected chi connectivity index (χ2v) is 5.71. The first-order valence-electron chi connectivity index (χ1n) is 8.52. The van der Waals surface area contributed by atoms with Gasteiger partial charge in [0.05, 0.1) is 13.2 Å². The number of halogens is 1. The van der Waals surface area contributed by atoms with Gasteiger partial charge in [-0.2, -0.15) is 0 Å². The molecule has 134 valence electrons. The Morgan fingerprint density at radius 1 is 1.08 bits per heavy atom. The minimum absolute atomic E-state index is 0.324. The Balaban J connectivity index is 2.18. The number of amides is 1. The predicted octanol–water partition coefficient (Wildman–Crippen LogP) is 4.96. The van der Waals surface area contributed by atoms with Gasteiger partial charge in [-0.15, -0.1) is 0 Å². The van der Waals surface area contributed by atoms with Crippen LogP contribution in [-0.4, -0.2) is 19.1 Å². The molecule has 2 rings (SSSR count). The zero-order valence-electron chi connectivity index (χ0n) is 14.9. The Morgan fingerprint density at radius 3 is 2.60 bits per heavy atom. The smallest absolute Gasteiger partial charge is 0.255 e. The van der Waals surface area contributed by atoms with Crippen LogP contribution in [0.1, 0.15) is 42.6 Å². The van der Waals surface area contributed by atoms with Crippen molar-refractivity contribution in [1.29, 1.82) is 0 Å². The third-order valence-electron chi connectivity index (χ3n) is 3.71. The van der Waals surface area contributed by atoms with Gasteiger partial charge in [-0.05, 0) is 56.2 Å². The number of hydrogen-bond acceptors (Lipinski definition) is 3. The fourth-order valence-electron chi connectivity index (χ4n) is 2.29. The van der Waals surface area contributed by atoms with E-state index in [1.165, 1.54) is 12.1 Å². The lowest BCUT2D eigenvalue weighted by Crippen LogP contribution is -2.13. The molecule has 5 heteroatoms. The molecule has 0 aliphatic carbocycles. The Bertz CT molecular complexity index is 731. The molecular weight excluding hydrogens is 321 g/mol. The van der Waals surface area contributed by atoms with E-state index in [1.54, 1.807) is 24.3 Å². The van der Waals surface area contributed by atoms with Crippen molar-refractivity contribution in [3.8, 4) is 11.5 Å². The highest BCUT2D eigenvalue weighted by Crippen LogP contribution is 2.29. The Hall–Kier alpha value is -2.56. The van der Waals surface area contributed by atoms with Gasteiger partial charge in [0.1, 0.15) is 5.82 Å². The molecule has 1 N–H and O–H groups in total. The van der Waals surface area contributed by atoms with Crippen molar-refractivity contribution in [3.63, 3.8) is 0 Å². The summed E-state index contributed by atoms with van der Waals surface area (Å²) >= 11 is 0. The molecule has 4 nitrogen and oxygen atoms in total. The molecule has 25 heavy (non-hydrogen) atoms. The van der Waals surface area contributed by atoms with E-state index in [4.69, 9.17) is 9.47 Å². The van der Waals surface area contributed by atoms with E-state index in [0.717, 1.165) is 18.4 Å². The molecule has 0 heterocycles. The summed E-state index contributed by atoms with van der Waals surface area (Å²) in [7, 11) is 0. The summed E-state index contributed by atoms with van der Waals surface area (Å²) in [5, 5.41) is 2.73. The number of hydrogen-bond donors (Lipinski definition) is 1. The van der Waals surface area contributed by atoms with Gasteiger partial charge in [0.25, 0.3) is 5.91 Å². The molecule has 0 radical (unpaired) electrons. The van der Waals surface area contributed by atoms with Gasteiger partial charge in [0, 0.05) is 11.3 Å². The zero-order valence-corrected chi connectivity index (χ0v) is 14.9. The third kappa shape index (κ3) is 5.21. The van der Waals surface area contributed by atoms with Crippen molar-refractivity contribution in [2.24, 2.45) is 0 Å². The third-order valence-corrected chi connectivity index (χ3v) is 3.71. The Kier molecular flexibility index (Phi) is 6.81. The standard InChI is InChI=1S/C20H24FNO3/c1-4-6-11-25-18-10-8-15(12-19(18)24-5-2)20(23)22-17-13-16(21)9-7-14(17)3/h7-10,12-13H,4-6,11H2,1-3H3,(H,22,23). The largest absolute Gasteiger partial charge is 0.490 e. The topological polar surface area (TPSA) is 47.6 Å². The summed E-state index contributed by atoms with van der Waals surface area (Å²) in [5.74, 6) is 0.432. The van der Waals surface area contributed by atoms with E-state index < -0.39 is 5.82 Å². The molecule has 0 saturated carbocycles. The lowest BCUT2D eigenvalue weighted by molar-refractivity contribution is 0.102. The number of benzene rings is 2. The van der Waals surface area contributed by atoms with Crippen LogP contribution < -0.4 is 14.8 Å². The number of nitrogens with one attached hydrogen (secondary N) is 1. The summed E-state index contributed by atoms with van der Waals surface area (Å²) < 4.78 is 24.7. The molecule has 0 atom stereocenters. The number of anilines is 1. The van der Waals surface area contributed by atoms with Crippen LogP contribution >= 0.6 is 0 Å². The maximum absolute atomic E-state index is 13.4. The average molecular weight is 345 g/mol. The van der Waals surface area contributed by atoms with Gasteiger partial charge in [-0.1, -0.05) is 19.4 Å². The summed E-state index contributed by atoms with van der Waals surface area (Å²) in [6.45, 7) is 6.85. The van der Waals surface area contributed by atoms with Gasteiger partial charge in [0.15, 0.2) is 11.5 Å². The predicted molar refractivity (Wildman–Crippen MR) is 97.1 cm³/mol. The molecule has 2 aromatic carbocycles. The van der Waals surface area contributed by atoms with Gasteiger partial charge in [-0.25, -0.2) is 4.39 Å². The average Bonchev–Trinajstić information content (AvgIpc) is 2.59. The first kappa shape index (κ1) is 18.8. The van der Waals surface area contributed by atoms with Crippen LogP contribution in [0, 0.1) is 12.7 Å². The fourth-order valence-corrected chi connectivity index (χ4v) is 2.29. The van der Waals surface area contributed by atoms with E-state index in [9.17, 15) is 9.18 Å². The van der Waals surface area contributed by atoms with E-state index in [-0.39, 0.29) is 5.91 Å². The molecule has 0 bridgehead atoms. The number of carbonyl (C=O) groups excluding carboxylic acids is 1. The second kappa shape index (κ2) is 9.06. The first-order valence-corrected chi connectivity index (χ1v) is 8.52. The van der Waals surface area contributed by atoms with Crippen LogP contribution in [0.2, 0.25) is 0 Å². The molecule has 0 aromatic heterocycles. The van der Waals surface area contributed by atoms with Crippen molar-refractivity contribution < 1.29 is 18.7 Å². The van der Waals surface area contributed by atoms with Gasteiger partial charge in [-0.3, -0.25) is 4.79 Å². The normalized spacial score (nSPS) is 10.4. The monoisotopic (exact) mass is 345 g/mol. The number of carbonyl (C=O) groups is 1. The SMILES string of the molecule is CCCCOc1ccc(C(=O)Nc2cc(F)ccc2C)cc1OCC. The summed E-state index contributed by atoms with van der Waals surface area (Å²) in [4.78, 5) is 12.5. The fraction of sp³-hybridized carbons (Fsp3) is 0.350. The molecule has 0 spiro atoms. The van der Waals surface area contributed by atoms with Crippen molar-refractivity contribution in [2.45, 2.75) is 33.6 Å². The number of rotatable bonds is 8. The van der Waals surface area contributed by atoms with Crippen LogP contribution in [0.15, 0.2) is 36.4 Å². The highest BCUT2D eigenvalue weighted by Gasteiger charge is 2.13.